The molecule has 0 bridgehead atoms. The number of benzene rings is 1. The van der Waals surface area contributed by atoms with E-state index in [4.69, 9.17) is 0 Å². The minimum absolute atomic E-state index is 0.841. The normalized spacial score (nSPS) is 12.9. The van der Waals surface area contributed by atoms with Gasteiger partial charge in [-0.1, -0.05) is 76.3 Å². The molecule has 0 spiro atoms. The molecule has 0 radical (unpaired) electrons. The lowest BCUT2D eigenvalue weighted by Gasteiger charge is -2.39. The third-order valence-electron chi connectivity index (χ3n) is 3.15. The molecule has 0 aromatic heterocycles. The van der Waals surface area contributed by atoms with Crippen molar-refractivity contribution < 1.29 is 26.3 Å². The maximum Gasteiger partial charge on any atom is 0.411 e. The summed E-state index contributed by atoms with van der Waals surface area (Å²) in [5.74, 6) is 0. The Kier molecular flexibility index (Phi) is 11.2. The van der Waals surface area contributed by atoms with Gasteiger partial charge in [0.2, 0.25) is 5.41 Å². The summed E-state index contributed by atoms with van der Waals surface area (Å²) in [6.45, 7) is 10.5. The Morgan fingerprint density at radius 3 is 1.44 bits per heavy atom. The lowest BCUT2D eigenvalue weighted by atomic mass is 9.72. The lowest BCUT2D eigenvalue weighted by molar-refractivity contribution is -0.289. The maximum absolute atomic E-state index is 13.5. The van der Waals surface area contributed by atoms with Crippen molar-refractivity contribution in [2.45, 2.75) is 59.3 Å². The number of halogens is 6. The molecular weight excluding hydrogens is 342 g/mol. The van der Waals surface area contributed by atoms with Crippen molar-refractivity contribution in [3.63, 3.8) is 0 Å². The van der Waals surface area contributed by atoms with Crippen LogP contribution in [0.3, 0.4) is 0 Å². The van der Waals surface area contributed by atoms with E-state index in [0.717, 1.165) is 49.4 Å². The van der Waals surface area contributed by atoms with E-state index in [1.54, 1.807) is 0 Å². The third kappa shape index (κ3) is 5.38. The summed E-state index contributed by atoms with van der Waals surface area (Å²) in [5.41, 5.74) is -5.74. The fraction of sp³-hybridized carbons (Fsp3) is 0.474. The monoisotopic (exact) mass is 368 g/mol. The van der Waals surface area contributed by atoms with Crippen LogP contribution in [0.5, 0.6) is 0 Å². The van der Waals surface area contributed by atoms with Gasteiger partial charge in [0.1, 0.15) is 0 Å². The van der Waals surface area contributed by atoms with Crippen LogP contribution in [0, 0.1) is 0 Å². The van der Waals surface area contributed by atoms with Crippen molar-refractivity contribution in [2.24, 2.45) is 0 Å². The summed E-state index contributed by atoms with van der Waals surface area (Å²) in [6.07, 6.45) is -8.20. The number of allylic oxidation sites excluding steroid dienone is 4. The highest BCUT2D eigenvalue weighted by molar-refractivity contribution is 5.46. The summed E-state index contributed by atoms with van der Waals surface area (Å²) in [6, 6.07) is 5.36. The van der Waals surface area contributed by atoms with Crippen LogP contribution in [0.15, 0.2) is 54.1 Å². The molecule has 6 heteroatoms. The van der Waals surface area contributed by atoms with Gasteiger partial charge in [-0.2, -0.15) is 26.3 Å². The maximum atomic E-state index is 13.5. The zero-order chi connectivity index (χ0) is 20.3. The summed E-state index contributed by atoms with van der Waals surface area (Å²) in [5, 5.41) is 0. The van der Waals surface area contributed by atoms with Crippen LogP contribution in [0.2, 0.25) is 0 Å². The van der Waals surface area contributed by atoms with Gasteiger partial charge in [-0.3, -0.25) is 0 Å². The molecule has 1 aromatic rings. The fourth-order valence-corrected chi connectivity index (χ4v) is 2.29. The molecule has 1 aromatic carbocycles. The second-order valence-electron chi connectivity index (χ2n) is 4.36. The van der Waals surface area contributed by atoms with Gasteiger partial charge in [0.05, 0.1) is 0 Å². The van der Waals surface area contributed by atoms with E-state index >= 15 is 0 Å². The van der Waals surface area contributed by atoms with Crippen LogP contribution < -0.4 is 0 Å². The van der Waals surface area contributed by atoms with Gasteiger partial charge in [-0.05, 0) is 25.0 Å². The molecule has 0 atom stereocenters. The summed E-state index contributed by atoms with van der Waals surface area (Å²) < 4.78 is 81.1. The van der Waals surface area contributed by atoms with Crippen molar-refractivity contribution in [2.75, 3.05) is 0 Å². The Morgan fingerprint density at radius 1 is 0.760 bits per heavy atom. The van der Waals surface area contributed by atoms with E-state index < -0.39 is 28.9 Å². The highest BCUT2D eigenvalue weighted by atomic mass is 19.4. The van der Waals surface area contributed by atoms with Crippen molar-refractivity contribution in [3.8, 4) is 0 Å². The third-order valence-corrected chi connectivity index (χ3v) is 3.15. The molecule has 1 rings (SSSR count). The van der Waals surface area contributed by atoms with Crippen LogP contribution in [0.4, 0.5) is 26.3 Å². The van der Waals surface area contributed by atoms with Crippen LogP contribution in [0.1, 0.15) is 47.1 Å². The molecule has 0 saturated carbocycles. The zero-order valence-corrected chi connectivity index (χ0v) is 15.4. The number of alkyl halides is 6. The van der Waals surface area contributed by atoms with Crippen molar-refractivity contribution in [3.05, 3.63) is 59.7 Å². The van der Waals surface area contributed by atoms with E-state index in [2.05, 4.69) is 0 Å². The average Bonchev–Trinajstić information content (AvgIpc) is 2.56. The highest BCUT2D eigenvalue weighted by Crippen LogP contribution is 2.56. The topological polar surface area (TPSA) is 0 Å². The van der Waals surface area contributed by atoms with Crippen LogP contribution >= 0.6 is 0 Å². The molecule has 0 saturated heterocycles. The van der Waals surface area contributed by atoms with Crippen LogP contribution in [-0.4, -0.2) is 12.4 Å². The number of rotatable bonds is 3. The average molecular weight is 368 g/mol. The Morgan fingerprint density at radius 2 is 1.16 bits per heavy atom. The lowest BCUT2D eigenvalue weighted by Crippen LogP contribution is -2.55. The summed E-state index contributed by atoms with van der Waals surface area (Å²) in [4.78, 5) is 0. The number of hydrogen-bond donors (Lipinski definition) is 0. The Labute approximate surface area is 146 Å². The smallest absolute Gasteiger partial charge is 0.169 e. The summed E-state index contributed by atoms with van der Waals surface area (Å²) in [7, 11) is 0. The molecule has 0 aliphatic rings. The molecule has 0 unspecified atom stereocenters. The van der Waals surface area contributed by atoms with Crippen molar-refractivity contribution >= 4 is 0 Å². The molecule has 0 heterocycles. The van der Waals surface area contributed by atoms with Gasteiger partial charge in [-0.25, -0.2) is 0 Å². The SMILES string of the molecule is C/C=C\C(=C/C)C(c1ccccc1)(C(F)(F)F)C(F)(F)F.CC.CC. The number of hydrogen-bond acceptors (Lipinski definition) is 0. The van der Waals surface area contributed by atoms with E-state index in [9.17, 15) is 26.3 Å². The first-order valence-electron chi connectivity index (χ1n) is 8.11. The predicted octanol–water partition coefficient (Wildman–Crippen LogP) is 7.62. The largest absolute Gasteiger partial charge is 0.411 e. The van der Waals surface area contributed by atoms with Crippen LogP contribution in [0.25, 0.3) is 0 Å². The molecule has 0 aliphatic heterocycles. The fourth-order valence-electron chi connectivity index (χ4n) is 2.29. The standard InChI is InChI=1S/C15H14F6.2C2H6/c1-3-8-11(4-2)13(14(16,17)18,15(19,20)21)12-9-6-5-7-10-12;2*1-2/h3-10H,1-2H3;2*1-2H3/b8-3-,11-4+;;. The second kappa shape index (κ2) is 11.0. The molecule has 144 valence electrons. The summed E-state index contributed by atoms with van der Waals surface area (Å²) >= 11 is 0. The molecule has 0 nitrogen and oxygen atoms in total. The first-order valence-corrected chi connectivity index (χ1v) is 8.11. The molecule has 0 N–H and O–H groups in total. The minimum atomic E-state index is -5.52. The molecule has 0 aliphatic carbocycles. The minimum Gasteiger partial charge on any atom is -0.169 e. The van der Waals surface area contributed by atoms with Crippen molar-refractivity contribution in [1.82, 2.24) is 0 Å². The van der Waals surface area contributed by atoms with Gasteiger partial charge in [0.25, 0.3) is 0 Å². The first-order chi connectivity index (χ1) is 11.6. The van der Waals surface area contributed by atoms with E-state index in [-0.39, 0.29) is 0 Å². The van der Waals surface area contributed by atoms with Gasteiger partial charge in [0.15, 0.2) is 0 Å². The van der Waals surface area contributed by atoms with Gasteiger partial charge < -0.3 is 0 Å². The predicted molar refractivity (Wildman–Crippen MR) is 91.5 cm³/mol. The van der Waals surface area contributed by atoms with E-state index in [1.165, 1.54) is 13.0 Å². The Bertz CT molecular complexity index is 507. The van der Waals surface area contributed by atoms with Gasteiger partial charge in [-0.15, -0.1) is 0 Å². The van der Waals surface area contributed by atoms with Gasteiger partial charge >= 0.3 is 12.4 Å². The van der Waals surface area contributed by atoms with Crippen molar-refractivity contribution in [1.29, 1.82) is 0 Å². The molecular formula is C19H26F6. The quantitative estimate of drug-likeness (QED) is 0.380. The second-order valence-corrected chi connectivity index (χ2v) is 4.36. The zero-order valence-electron chi connectivity index (χ0n) is 15.4. The van der Waals surface area contributed by atoms with E-state index in [1.807, 2.05) is 27.7 Å². The highest BCUT2D eigenvalue weighted by Gasteiger charge is 2.72. The Balaban J connectivity index is 0. The molecule has 0 fully saturated rings. The first kappa shape index (κ1) is 25.5. The Hall–Kier alpha value is -1.72. The molecule has 0 amide bonds. The van der Waals surface area contributed by atoms with Gasteiger partial charge in [0, 0.05) is 0 Å². The van der Waals surface area contributed by atoms with E-state index in [0.29, 0.717) is 0 Å². The molecule has 25 heavy (non-hydrogen) atoms. The van der Waals surface area contributed by atoms with Crippen LogP contribution in [-0.2, 0) is 5.41 Å².